The van der Waals surface area contributed by atoms with Gasteiger partial charge < -0.3 is 43.4 Å². The predicted octanol–water partition coefficient (Wildman–Crippen LogP) is -0.0690. The SMILES string of the molecule is CC(N)=NCCSC[C@](C)(N)C(=O)O.CC(N)=NCCSC[C@](C)(N)C(=O)O.Cl.O=C(O)/C=C\C(=O)O. The summed E-state index contributed by atoms with van der Waals surface area (Å²) in [6.45, 7) is 7.63. The van der Waals surface area contributed by atoms with Crippen LogP contribution in [-0.2, 0) is 19.2 Å². The molecule has 12 N–H and O–H groups in total. The first-order chi connectivity index (χ1) is 16.3. The summed E-state index contributed by atoms with van der Waals surface area (Å²) in [4.78, 5) is 48.3. The lowest BCUT2D eigenvalue weighted by molar-refractivity contribution is -0.142. The molecule has 2 atom stereocenters. The summed E-state index contributed by atoms with van der Waals surface area (Å²) in [6.07, 6.45) is 1.12. The maximum Gasteiger partial charge on any atom is 0.328 e. The fraction of sp³-hybridized carbons (Fsp3) is 0.600. The number of aliphatic carboxylic acids is 4. The number of carboxylic acid groups (broad SMARTS) is 4. The molecule has 0 aromatic heterocycles. The van der Waals surface area contributed by atoms with Crippen LogP contribution >= 0.6 is 35.9 Å². The van der Waals surface area contributed by atoms with Gasteiger partial charge >= 0.3 is 23.9 Å². The van der Waals surface area contributed by atoms with Gasteiger partial charge in [0.25, 0.3) is 0 Å². The van der Waals surface area contributed by atoms with Crippen molar-refractivity contribution in [3.8, 4) is 0 Å². The first kappa shape index (κ1) is 41.6. The van der Waals surface area contributed by atoms with Crippen LogP contribution in [0.5, 0.6) is 0 Å². The van der Waals surface area contributed by atoms with Gasteiger partial charge in [0, 0.05) is 48.3 Å². The van der Waals surface area contributed by atoms with Crippen molar-refractivity contribution >= 4 is 71.5 Å². The average molecular weight is 591 g/mol. The highest BCUT2D eigenvalue weighted by Crippen LogP contribution is 2.11. The Morgan fingerprint density at radius 1 is 0.730 bits per heavy atom. The van der Waals surface area contributed by atoms with Gasteiger partial charge in [-0.05, 0) is 27.7 Å². The fourth-order valence-electron chi connectivity index (χ4n) is 1.41. The van der Waals surface area contributed by atoms with Gasteiger partial charge in [0.1, 0.15) is 11.1 Å². The van der Waals surface area contributed by atoms with Gasteiger partial charge in [-0.3, -0.25) is 19.6 Å². The van der Waals surface area contributed by atoms with Crippen molar-refractivity contribution in [3.05, 3.63) is 12.2 Å². The number of carboxylic acids is 4. The summed E-state index contributed by atoms with van der Waals surface area (Å²) in [5.41, 5.74) is 19.4. The second-order valence-corrected chi connectivity index (χ2v) is 9.82. The van der Waals surface area contributed by atoms with Gasteiger partial charge in [-0.2, -0.15) is 23.5 Å². The summed E-state index contributed by atoms with van der Waals surface area (Å²) in [6, 6.07) is 0. The van der Waals surface area contributed by atoms with E-state index in [1.165, 1.54) is 37.4 Å². The standard InChI is InChI=1S/2C8H17N3O2S.C4H4O4.ClH/c2*1-6(9)11-3-4-14-5-8(2,10)7(12)13;5-3(6)1-2-4(7)8;/h2*3-5,10H2,1-2H3,(H2,9,11)(H,12,13);1-2H,(H,5,6)(H,7,8);1H/b;;2-1-;/t2*8-;;/m00../s1. The third kappa shape index (κ3) is 31.4. The van der Waals surface area contributed by atoms with Crippen molar-refractivity contribution < 1.29 is 39.6 Å². The molecule has 0 aliphatic heterocycles. The normalized spacial score (nSPS) is 14.4. The number of carbonyl (C=O) groups is 4. The molecule has 17 heteroatoms. The number of amidine groups is 2. The zero-order valence-electron chi connectivity index (χ0n) is 21.2. The summed E-state index contributed by atoms with van der Waals surface area (Å²) >= 11 is 2.92. The molecule has 0 aliphatic carbocycles. The van der Waals surface area contributed by atoms with Crippen LogP contribution in [-0.4, -0.2) is 103 Å². The second kappa shape index (κ2) is 22.7. The largest absolute Gasteiger partial charge is 0.480 e. The molecule has 0 saturated carbocycles. The summed E-state index contributed by atoms with van der Waals surface area (Å²) in [5.74, 6) is -1.18. The van der Waals surface area contributed by atoms with Gasteiger partial charge in [0.2, 0.25) is 0 Å². The van der Waals surface area contributed by atoms with Crippen LogP contribution in [0.3, 0.4) is 0 Å². The smallest absolute Gasteiger partial charge is 0.328 e. The molecule has 0 bridgehead atoms. The summed E-state index contributed by atoms with van der Waals surface area (Å²) in [5, 5.41) is 33.0. The zero-order chi connectivity index (χ0) is 28.9. The van der Waals surface area contributed by atoms with Crippen LogP contribution in [0.2, 0.25) is 0 Å². The van der Waals surface area contributed by atoms with Gasteiger partial charge in [-0.15, -0.1) is 12.4 Å². The molecule has 0 aromatic carbocycles. The molecule has 0 saturated heterocycles. The molecule has 0 radical (unpaired) electrons. The van der Waals surface area contributed by atoms with E-state index in [9.17, 15) is 19.2 Å². The number of hydrogen-bond acceptors (Lipinski definition) is 10. The number of hydrogen-bond donors (Lipinski definition) is 8. The van der Waals surface area contributed by atoms with E-state index >= 15 is 0 Å². The number of thioether (sulfide) groups is 2. The predicted molar refractivity (Wildman–Crippen MR) is 151 cm³/mol. The maximum atomic E-state index is 10.6. The van der Waals surface area contributed by atoms with Crippen molar-refractivity contribution in [2.24, 2.45) is 32.9 Å². The number of nitrogens with two attached hydrogens (primary N) is 4. The lowest BCUT2D eigenvalue weighted by Crippen LogP contribution is -2.47. The topological polar surface area (TPSA) is 278 Å². The van der Waals surface area contributed by atoms with Crippen molar-refractivity contribution in [3.63, 3.8) is 0 Å². The molecule has 0 amide bonds. The Kier molecular flexibility index (Phi) is 25.5. The van der Waals surface area contributed by atoms with E-state index in [1.54, 1.807) is 13.8 Å². The van der Waals surface area contributed by atoms with Crippen LogP contribution in [0.4, 0.5) is 0 Å². The highest BCUT2D eigenvalue weighted by molar-refractivity contribution is 7.99. The third-order valence-corrected chi connectivity index (χ3v) is 5.89. The first-order valence-electron chi connectivity index (χ1n) is 10.2. The zero-order valence-corrected chi connectivity index (χ0v) is 23.7. The Hall–Kier alpha value is -2.53. The number of rotatable bonds is 14. The minimum Gasteiger partial charge on any atom is -0.480 e. The van der Waals surface area contributed by atoms with E-state index < -0.39 is 35.0 Å². The van der Waals surface area contributed by atoms with E-state index in [0.29, 0.717) is 48.4 Å². The highest BCUT2D eigenvalue weighted by Gasteiger charge is 2.27. The molecule has 0 unspecified atom stereocenters. The molecule has 0 heterocycles. The van der Waals surface area contributed by atoms with E-state index in [2.05, 4.69) is 9.98 Å². The van der Waals surface area contributed by atoms with Crippen molar-refractivity contribution in [2.75, 3.05) is 36.1 Å². The summed E-state index contributed by atoms with van der Waals surface area (Å²) in [7, 11) is 0. The van der Waals surface area contributed by atoms with E-state index in [0.717, 1.165) is 11.5 Å². The Balaban J connectivity index is -0.000000226. The van der Waals surface area contributed by atoms with Gasteiger partial charge in [-0.1, -0.05) is 0 Å². The van der Waals surface area contributed by atoms with E-state index in [-0.39, 0.29) is 12.4 Å². The molecule has 0 spiro atoms. The Morgan fingerprint density at radius 3 is 1.19 bits per heavy atom. The van der Waals surface area contributed by atoms with Crippen molar-refractivity contribution in [2.45, 2.75) is 38.8 Å². The van der Waals surface area contributed by atoms with Gasteiger partial charge in [-0.25, -0.2) is 9.59 Å². The van der Waals surface area contributed by atoms with Crippen molar-refractivity contribution in [1.29, 1.82) is 0 Å². The lowest BCUT2D eigenvalue weighted by atomic mass is 10.1. The number of nitrogens with zero attached hydrogens (tertiary/aromatic N) is 2. The molecular formula is C20H39ClN6O8S2. The van der Waals surface area contributed by atoms with Crippen LogP contribution in [0.1, 0.15) is 27.7 Å². The van der Waals surface area contributed by atoms with Crippen LogP contribution < -0.4 is 22.9 Å². The molecule has 216 valence electrons. The minimum absolute atomic E-state index is 0. The van der Waals surface area contributed by atoms with Crippen LogP contribution in [0.15, 0.2) is 22.1 Å². The van der Waals surface area contributed by atoms with E-state index in [1.807, 2.05) is 0 Å². The minimum atomic E-state index is -1.26. The van der Waals surface area contributed by atoms with Gasteiger partial charge in [0.15, 0.2) is 0 Å². The molecular weight excluding hydrogens is 552 g/mol. The fourth-order valence-corrected chi connectivity index (χ4v) is 3.23. The molecule has 0 rings (SSSR count). The Morgan fingerprint density at radius 2 is 1.00 bits per heavy atom. The first-order valence-corrected chi connectivity index (χ1v) is 12.5. The molecule has 0 aliphatic rings. The van der Waals surface area contributed by atoms with Gasteiger partial charge in [0.05, 0.1) is 11.7 Å². The molecule has 0 aromatic rings. The summed E-state index contributed by atoms with van der Waals surface area (Å²) < 4.78 is 0. The maximum absolute atomic E-state index is 10.6. The molecule has 14 nitrogen and oxygen atoms in total. The van der Waals surface area contributed by atoms with E-state index in [4.69, 9.17) is 43.4 Å². The second-order valence-electron chi connectivity index (χ2n) is 7.61. The quantitative estimate of drug-likeness (QED) is 0.0569. The molecule has 37 heavy (non-hydrogen) atoms. The Bertz CT molecular complexity index is 736. The highest BCUT2D eigenvalue weighted by atomic mass is 35.5. The van der Waals surface area contributed by atoms with Crippen molar-refractivity contribution in [1.82, 2.24) is 0 Å². The van der Waals surface area contributed by atoms with Crippen LogP contribution in [0.25, 0.3) is 0 Å². The Labute approximate surface area is 230 Å². The number of aliphatic imine (C=N–C) groups is 2. The number of halogens is 1. The average Bonchev–Trinajstić information content (AvgIpc) is 2.72. The third-order valence-electron chi connectivity index (χ3n) is 3.34. The molecule has 0 fully saturated rings. The van der Waals surface area contributed by atoms with Crippen LogP contribution in [0, 0.1) is 0 Å². The monoisotopic (exact) mass is 590 g/mol. The lowest BCUT2D eigenvalue weighted by Gasteiger charge is -2.17.